The third-order valence-electron chi connectivity index (χ3n) is 5.49. The largest absolute Gasteiger partial charge is 0.383 e. The van der Waals surface area contributed by atoms with E-state index in [-0.39, 0.29) is 0 Å². The fraction of sp³-hybridized carbons (Fsp3) is 0.647. The number of hydrogen-bond donors (Lipinski definition) is 1. The van der Waals surface area contributed by atoms with Gasteiger partial charge in [-0.1, -0.05) is 6.92 Å². The van der Waals surface area contributed by atoms with Crippen LogP contribution in [-0.4, -0.2) is 54.8 Å². The van der Waals surface area contributed by atoms with Crippen LogP contribution in [0.2, 0.25) is 0 Å². The molecule has 1 aliphatic carbocycles. The Labute approximate surface area is 144 Å². The fourth-order valence-corrected chi connectivity index (χ4v) is 5.16. The van der Waals surface area contributed by atoms with Crippen molar-refractivity contribution >= 4 is 27.7 Å². The number of rotatable bonds is 4. The lowest BCUT2D eigenvalue weighted by Crippen LogP contribution is -2.43. The summed E-state index contributed by atoms with van der Waals surface area (Å²) < 4.78 is 13.8. The first-order valence-corrected chi connectivity index (χ1v) is 10.3. The summed E-state index contributed by atoms with van der Waals surface area (Å²) in [7, 11) is -0.585. The lowest BCUT2D eigenvalue weighted by Gasteiger charge is -2.40. The van der Waals surface area contributed by atoms with Gasteiger partial charge in [-0.25, -0.2) is 9.97 Å². The molecule has 0 spiro atoms. The molecule has 24 heavy (non-hydrogen) atoms. The molecule has 3 heterocycles. The molecular formula is C17H25N5OS. The molecule has 0 bridgehead atoms. The molecular weight excluding hydrogens is 322 g/mol. The maximum Gasteiger partial charge on any atom is 0.146 e. The van der Waals surface area contributed by atoms with Crippen LogP contribution in [0.4, 0.5) is 5.82 Å². The molecule has 2 fully saturated rings. The maximum absolute atomic E-state index is 11.5. The third-order valence-corrected chi connectivity index (χ3v) is 6.76. The van der Waals surface area contributed by atoms with Gasteiger partial charge in [-0.2, -0.15) is 0 Å². The summed E-state index contributed by atoms with van der Waals surface area (Å²) in [5.41, 5.74) is 8.30. The number of anilines is 1. The molecule has 0 radical (unpaired) electrons. The molecule has 7 heteroatoms. The van der Waals surface area contributed by atoms with E-state index in [0.29, 0.717) is 11.9 Å². The van der Waals surface area contributed by atoms with Gasteiger partial charge >= 0.3 is 0 Å². The molecule has 0 aromatic carbocycles. The Bertz CT molecular complexity index is 758. The predicted octanol–water partition coefficient (Wildman–Crippen LogP) is 1.59. The highest BCUT2D eigenvalue weighted by atomic mass is 32.2. The van der Waals surface area contributed by atoms with E-state index in [2.05, 4.69) is 32.6 Å². The topological polar surface area (TPSA) is 77.0 Å². The highest BCUT2D eigenvalue weighted by Gasteiger charge is 2.33. The Balaban J connectivity index is 1.44. The Hall–Kier alpha value is -1.47. The second kappa shape index (κ2) is 6.44. The van der Waals surface area contributed by atoms with Crippen molar-refractivity contribution in [3.63, 3.8) is 0 Å². The van der Waals surface area contributed by atoms with Gasteiger partial charge < -0.3 is 15.2 Å². The summed E-state index contributed by atoms with van der Waals surface area (Å²) in [4.78, 5) is 11.1. The smallest absolute Gasteiger partial charge is 0.146 e. The number of nitrogens with two attached hydrogens (primary N) is 1. The summed E-state index contributed by atoms with van der Waals surface area (Å²) in [6.45, 7) is 5.27. The number of nitrogen functional groups attached to an aromatic ring is 1. The Kier molecular flexibility index (Phi) is 4.30. The fourth-order valence-electron chi connectivity index (χ4n) is 4.03. The number of fused-ring (bicyclic) bond motifs is 1. The van der Waals surface area contributed by atoms with Crippen LogP contribution in [-0.2, 0) is 17.2 Å². The van der Waals surface area contributed by atoms with Crippen molar-refractivity contribution in [2.24, 2.45) is 5.92 Å². The van der Waals surface area contributed by atoms with Crippen molar-refractivity contribution in [1.29, 1.82) is 0 Å². The van der Waals surface area contributed by atoms with Gasteiger partial charge in [0.25, 0.3) is 0 Å². The van der Waals surface area contributed by atoms with Gasteiger partial charge in [0.1, 0.15) is 17.8 Å². The van der Waals surface area contributed by atoms with Gasteiger partial charge in [-0.3, -0.25) is 4.21 Å². The van der Waals surface area contributed by atoms with E-state index in [1.54, 1.807) is 6.33 Å². The van der Waals surface area contributed by atoms with Gasteiger partial charge in [0.15, 0.2) is 0 Å². The normalized spacial score (nSPS) is 25.9. The summed E-state index contributed by atoms with van der Waals surface area (Å²) in [5, 5.41) is 1.03. The standard InChI is InChI=1S/C17H25N5OS/c1-2-13-10-22(17-15(13)16(18)19-11-20-17)14-7-12(8-14)9-21-3-5-24(23)6-4-21/h10-12,14H,2-9H2,1H3,(H2,18,19,20). The molecule has 1 saturated carbocycles. The molecule has 1 saturated heterocycles. The Morgan fingerprint density at radius 3 is 2.75 bits per heavy atom. The first-order valence-electron chi connectivity index (χ1n) is 8.83. The molecule has 2 N–H and O–H groups in total. The zero-order valence-corrected chi connectivity index (χ0v) is 15.0. The minimum atomic E-state index is -0.585. The van der Waals surface area contributed by atoms with Crippen molar-refractivity contribution in [2.45, 2.75) is 32.2 Å². The van der Waals surface area contributed by atoms with Gasteiger partial charge in [-0.15, -0.1) is 0 Å². The Morgan fingerprint density at radius 1 is 1.29 bits per heavy atom. The zero-order valence-electron chi connectivity index (χ0n) is 14.1. The molecule has 6 nitrogen and oxygen atoms in total. The lowest BCUT2D eigenvalue weighted by molar-refractivity contribution is 0.137. The average Bonchev–Trinajstić information content (AvgIpc) is 2.92. The average molecular weight is 347 g/mol. The monoisotopic (exact) mass is 347 g/mol. The number of hydrogen-bond acceptors (Lipinski definition) is 5. The Morgan fingerprint density at radius 2 is 2.04 bits per heavy atom. The van der Waals surface area contributed by atoms with Crippen LogP contribution in [0.15, 0.2) is 12.5 Å². The van der Waals surface area contributed by atoms with Crippen LogP contribution in [0, 0.1) is 5.92 Å². The van der Waals surface area contributed by atoms with Gasteiger partial charge in [0.2, 0.25) is 0 Å². The number of aromatic nitrogens is 3. The van der Waals surface area contributed by atoms with Crippen LogP contribution in [0.5, 0.6) is 0 Å². The third kappa shape index (κ3) is 2.84. The first-order chi connectivity index (χ1) is 11.7. The molecule has 2 aromatic heterocycles. The number of aryl methyl sites for hydroxylation is 1. The molecule has 0 amide bonds. The molecule has 2 aliphatic rings. The van der Waals surface area contributed by atoms with Gasteiger partial charge in [0.05, 0.1) is 5.39 Å². The van der Waals surface area contributed by atoms with E-state index < -0.39 is 10.8 Å². The zero-order chi connectivity index (χ0) is 16.7. The predicted molar refractivity (Wildman–Crippen MR) is 97.4 cm³/mol. The summed E-state index contributed by atoms with van der Waals surface area (Å²) in [5.74, 6) is 3.01. The van der Waals surface area contributed by atoms with Crippen LogP contribution < -0.4 is 5.73 Å². The van der Waals surface area contributed by atoms with Crippen molar-refractivity contribution < 1.29 is 4.21 Å². The van der Waals surface area contributed by atoms with Crippen LogP contribution in [0.25, 0.3) is 11.0 Å². The van der Waals surface area contributed by atoms with E-state index in [4.69, 9.17) is 5.73 Å². The van der Waals surface area contributed by atoms with Crippen molar-refractivity contribution in [3.8, 4) is 0 Å². The minimum absolute atomic E-state index is 0.519. The SMILES string of the molecule is CCc1cn(C2CC(CN3CCS(=O)CC3)C2)c2ncnc(N)c12. The quantitative estimate of drug-likeness (QED) is 0.909. The van der Waals surface area contributed by atoms with Crippen molar-refractivity contribution in [3.05, 3.63) is 18.1 Å². The minimum Gasteiger partial charge on any atom is -0.383 e. The summed E-state index contributed by atoms with van der Waals surface area (Å²) in [6, 6.07) is 0.519. The second-order valence-corrected chi connectivity index (χ2v) is 8.71. The van der Waals surface area contributed by atoms with Gasteiger partial charge in [-0.05, 0) is 30.7 Å². The van der Waals surface area contributed by atoms with E-state index in [9.17, 15) is 4.21 Å². The molecule has 1 aliphatic heterocycles. The van der Waals surface area contributed by atoms with Crippen LogP contribution >= 0.6 is 0 Å². The number of nitrogens with zero attached hydrogens (tertiary/aromatic N) is 4. The van der Waals surface area contributed by atoms with E-state index >= 15 is 0 Å². The lowest BCUT2D eigenvalue weighted by atomic mass is 9.79. The van der Waals surface area contributed by atoms with Crippen LogP contribution in [0.1, 0.15) is 31.4 Å². The molecule has 2 aromatic rings. The van der Waals surface area contributed by atoms with Gasteiger partial charge in [0, 0.05) is 54.2 Å². The maximum atomic E-state index is 11.5. The van der Waals surface area contributed by atoms with E-state index in [0.717, 1.165) is 54.5 Å². The molecule has 0 unspecified atom stereocenters. The summed E-state index contributed by atoms with van der Waals surface area (Å²) in [6.07, 6.45) is 7.12. The van der Waals surface area contributed by atoms with Crippen molar-refractivity contribution in [2.75, 3.05) is 36.9 Å². The molecule has 0 atom stereocenters. The van der Waals surface area contributed by atoms with Crippen molar-refractivity contribution in [1.82, 2.24) is 19.4 Å². The van der Waals surface area contributed by atoms with E-state index in [1.165, 1.54) is 18.4 Å². The first kappa shape index (κ1) is 16.0. The van der Waals surface area contributed by atoms with Crippen LogP contribution in [0.3, 0.4) is 0 Å². The molecule has 130 valence electrons. The second-order valence-electron chi connectivity index (χ2n) is 7.01. The summed E-state index contributed by atoms with van der Waals surface area (Å²) >= 11 is 0. The van der Waals surface area contributed by atoms with E-state index in [1.807, 2.05) is 0 Å². The molecule has 4 rings (SSSR count). The highest BCUT2D eigenvalue weighted by Crippen LogP contribution is 2.41. The highest BCUT2D eigenvalue weighted by molar-refractivity contribution is 7.85.